The Hall–Kier alpha value is -0.590. The first-order chi connectivity index (χ1) is 8.04. The monoisotopic (exact) mass is 320 g/mol. The van der Waals surface area contributed by atoms with E-state index in [9.17, 15) is 9.18 Å². The Bertz CT molecular complexity index is 403. The van der Waals surface area contributed by atoms with Gasteiger partial charge in [-0.25, -0.2) is 4.39 Å². The van der Waals surface area contributed by atoms with Gasteiger partial charge in [0.25, 0.3) is 0 Å². The maximum atomic E-state index is 12.8. The molecular formula is C11H14BrFN2OS. The highest BCUT2D eigenvalue weighted by Crippen LogP contribution is 2.23. The number of amides is 1. The lowest BCUT2D eigenvalue weighted by molar-refractivity contribution is -0.117. The Kier molecular flexibility index (Phi) is 5.94. The van der Waals surface area contributed by atoms with Gasteiger partial charge in [-0.3, -0.25) is 4.79 Å². The highest BCUT2D eigenvalue weighted by molar-refractivity contribution is 9.10. The number of hydrogen-bond acceptors (Lipinski definition) is 3. The molecule has 0 saturated carbocycles. The van der Waals surface area contributed by atoms with E-state index < -0.39 is 6.04 Å². The van der Waals surface area contributed by atoms with Gasteiger partial charge in [0.2, 0.25) is 5.91 Å². The molecule has 0 radical (unpaired) electrons. The summed E-state index contributed by atoms with van der Waals surface area (Å²) in [7, 11) is 0. The number of halogens is 2. The Balaban J connectivity index is 2.61. The van der Waals surface area contributed by atoms with Crippen LogP contribution in [0.25, 0.3) is 0 Å². The lowest BCUT2D eigenvalue weighted by Gasteiger charge is -2.12. The number of anilines is 1. The Morgan fingerprint density at radius 2 is 2.35 bits per heavy atom. The van der Waals surface area contributed by atoms with E-state index in [1.807, 2.05) is 6.26 Å². The lowest BCUT2D eigenvalue weighted by atomic mass is 10.2. The van der Waals surface area contributed by atoms with Crippen LogP contribution in [0.5, 0.6) is 0 Å². The Morgan fingerprint density at radius 3 is 2.94 bits per heavy atom. The van der Waals surface area contributed by atoms with Crippen LogP contribution < -0.4 is 11.1 Å². The minimum atomic E-state index is -0.542. The van der Waals surface area contributed by atoms with Crippen molar-refractivity contribution in [3.05, 3.63) is 28.5 Å². The largest absolute Gasteiger partial charge is 0.324 e. The van der Waals surface area contributed by atoms with Crippen LogP contribution in [-0.2, 0) is 4.79 Å². The molecule has 94 valence electrons. The van der Waals surface area contributed by atoms with Gasteiger partial charge in [0.15, 0.2) is 0 Å². The van der Waals surface area contributed by atoms with Crippen LogP contribution >= 0.6 is 27.7 Å². The van der Waals surface area contributed by atoms with Gasteiger partial charge in [-0.1, -0.05) is 0 Å². The van der Waals surface area contributed by atoms with E-state index in [0.717, 1.165) is 5.75 Å². The van der Waals surface area contributed by atoms with Crippen LogP contribution in [0.1, 0.15) is 6.42 Å². The van der Waals surface area contributed by atoms with Crippen molar-refractivity contribution in [1.82, 2.24) is 0 Å². The van der Waals surface area contributed by atoms with Gasteiger partial charge in [-0.15, -0.1) is 0 Å². The molecule has 1 atom stereocenters. The number of nitrogens with two attached hydrogens (primary N) is 1. The summed E-state index contributed by atoms with van der Waals surface area (Å²) in [6.07, 6.45) is 2.58. The van der Waals surface area contributed by atoms with E-state index in [2.05, 4.69) is 21.2 Å². The Morgan fingerprint density at radius 1 is 1.65 bits per heavy atom. The van der Waals surface area contributed by atoms with Gasteiger partial charge in [0.05, 0.1) is 11.7 Å². The second-order valence-corrected chi connectivity index (χ2v) is 5.34. The maximum Gasteiger partial charge on any atom is 0.241 e. The molecule has 0 unspecified atom stereocenters. The molecule has 0 saturated heterocycles. The molecule has 17 heavy (non-hydrogen) atoms. The molecule has 0 aromatic heterocycles. The predicted molar refractivity (Wildman–Crippen MR) is 73.7 cm³/mol. The second kappa shape index (κ2) is 6.98. The third kappa shape index (κ3) is 4.65. The summed E-state index contributed by atoms with van der Waals surface area (Å²) in [5.74, 6) is 0.215. The number of rotatable bonds is 5. The topological polar surface area (TPSA) is 55.1 Å². The van der Waals surface area contributed by atoms with Crippen molar-refractivity contribution >= 4 is 39.3 Å². The molecule has 0 aliphatic rings. The third-order valence-electron chi connectivity index (χ3n) is 2.16. The summed E-state index contributed by atoms with van der Waals surface area (Å²) < 4.78 is 13.3. The van der Waals surface area contributed by atoms with Gasteiger partial charge in [-0.2, -0.15) is 11.8 Å². The first kappa shape index (κ1) is 14.5. The average molecular weight is 321 g/mol. The molecule has 0 fully saturated rings. The number of carbonyl (C=O) groups excluding carboxylic acids is 1. The minimum absolute atomic E-state index is 0.258. The summed E-state index contributed by atoms with van der Waals surface area (Å²) in [5, 5.41) is 2.66. The van der Waals surface area contributed by atoms with Crippen molar-refractivity contribution in [2.45, 2.75) is 12.5 Å². The number of thioether (sulfide) groups is 1. The van der Waals surface area contributed by atoms with Crippen molar-refractivity contribution in [2.24, 2.45) is 5.73 Å². The van der Waals surface area contributed by atoms with Crippen molar-refractivity contribution in [1.29, 1.82) is 0 Å². The first-order valence-electron chi connectivity index (χ1n) is 5.05. The SMILES string of the molecule is CSCC[C@H](N)C(=O)Nc1ccc(F)cc1Br. The van der Waals surface area contributed by atoms with E-state index in [-0.39, 0.29) is 11.7 Å². The van der Waals surface area contributed by atoms with Crippen LogP contribution in [0, 0.1) is 5.82 Å². The molecular weight excluding hydrogens is 307 g/mol. The van der Waals surface area contributed by atoms with Crippen LogP contribution in [-0.4, -0.2) is 24.0 Å². The number of nitrogens with one attached hydrogen (secondary N) is 1. The normalized spacial score (nSPS) is 12.2. The fourth-order valence-electron chi connectivity index (χ4n) is 1.19. The zero-order valence-corrected chi connectivity index (χ0v) is 11.8. The molecule has 0 spiro atoms. The fraction of sp³-hybridized carbons (Fsp3) is 0.364. The molecule has 0 aliphatic heterocycles. The highest BCUT2D eigenvalue weighted by Gasteiger charge is 2.14. The summed E-state index contributed by atoms with van der Waals surface area (Å²) in [5.41, 5.74) is 6.24. The number of hydrogen-bond donors (Lipinski definition) is 2. The van der Waals surface area contributed by atoms with E-state index in [1.165, 1.54) is 18.2 Å². The molecule has 3 N–H and O–H groups in total. The molecule has 6 heteroatoms. The van der Waals surface area contributed by atoms with Crippen LogP contribution in [0.3, 0.4) is 0 Å². The summed E-state index contributed by atoms with van der Waals surface area (Å²) >= 11 is 4.82. The molecule has 1 aromatic rings. The number of benzene rings is 1. The molecule has 0 heterocycles. The standard InChI is InChI=1S/C11H14BrFN2OS/c1-17-5-4-9(14)11(16)15-10-3-2-7(13)6-8(10)12/h2-3,6,9H,4-5,14H2,1H3,(H,15,16)/t9-/m0/s1. The van der Waals surface area contributed by atoms with Crippen molar-refractivity contribution < 1.29 is 9.18 Å². The van der Waals surface area contributed by atoms with Crippen molar-refractivity contribution in [3.63, 3.8) is 0 Å². The van der Waals surface area contributed by atoms with E-state index in [1.54, 1.807) is 11.8 Å². The molecule has 1 amide bonds. The molecule has 0 aliphatic carbocycles. The van der Waals surface area contributed by atoms with Crippen molar-refractivity contribution in [2.75, 3.05) is 17.3 Å². The lowest BCUT2D eigenvalue weighted by Crippen LogP contribution is -2.36. The van der Waals surface area contributed by atoms with E-state index >= 15 is 0 Å². The predicted octanol–water partition coefficient (Wildman–Crippen LogP) is 2.61. The molecule has 1 aromatic carbocycles. The summed E-state index contributed by atoms with van der Waals surface area (Å²) in [4.78, 5) is 11.7. The fourth-order valence-corrected chi connectivity index (χ4v) is 2.13. The van der Waals surface area contributed by atoms with E-state index in [0.29, 0.717) is 16.6 Å². The second-order valence-electron chi connectivity index (χ2n) is 3.50. The highest BCUT2D eigenvalue weighted by atomic mass is 79.9. The zero-order chi connectivity index (χ0) is 12.8. The van der Waals surface area contributed by atoms with Crippen molar-refractivity contribution in [3.8, 4) is 0 Å². The Labute approximate surface area is 112 Å². The average Bonchev–Trinajstić information content (AvgIpc) is 2.29. The van der Waals surface area contributed by atoms with Gasteiger partial charge >= 0.3 is 0 Å². The quantitative estimate of drug-likeness (QED) is 0.876. The minimum Gasteiger partial charge on any atom is -0.324 e. The van der Waals surface area contributed by atoms with Gasteiger partial charge in [-0.05, 0) is 52.6 Å². The number of carbonyl (C=O) groups is 1. The van der Waals surface area contributed by atoms with Crippen LogP contribution in [0.15, 0.2) is 22.7 Å². The van der Waals surface area contributed by atoms with Crippen LogP contribution in [0.2, 0.25) is 0 Å². The summed E-state index contributed by atoms with van der Waals surface area (Å²) in [6.45, 7) is 0. The van der Waals surface area contributed by atoms with Crippen LogP contribution in [0.4, 0.5) is 10.1 Å². The molecule has 0 bridgehead atoms. The smallest absolute Gasteiger partial charge is 0.241 e. The molecule has 1 rings (SSSR count). The van der Waals surface area contributed by atoms with Gasteiger partial charge in [0.1, 0.15) is 5.82 Å². The first-order valence-corrected chi connectivity index (χ1v) is 7.23. The van der Waals surface area contributed by atoms with Gasteiger partial charge in [0, 0.05) is 4.47 Å². The van der Waals surface area contributed by atoms with E-state index in [4.69, 9.17) is 5.73 Å². The molecule has 3 nitrogen and oxygen atoms in total. The van der Waals surface area contributed by atoms with Gasteiger partial charge < -0.3 is 11.1 Å². The third-order valence-corrected chi connectivity index (χ3v) is 3.46. The summed E-state index contributed by atoms with van der Waals surface area (Å²) in [6, 6.07) is 3.54. The maximum absolute atomic E-state index is 12.8. The zero-order valence-electron chi connectivity index (χ0n) is 9.37.